The Labute approximate surface area is 93.3 Å². The Balaban J connectivity index is 2.69. The van der Waals surface area contributed by atoms with Gasteiger partial charge in [-0.25, -0.2) is 4.98 Å². The van der Waals surface area contributed by atoms with Crippen LogP contribution in [0, 0.1) is 0 Å². The summed E-state index contributed by atoms with van der Waals surface area (Å²) < 4.78 is 38.5. The van der Waals surface area contributed by atoms with Gasteiger partial charge in [-0.2, -0.15) is 13.2 Å². The molecule has 1 aromatic heterocycles. The molecular formula is C10H6F3N2O2-. The molecule has 1 aromatic carbocycles. The summed E-state index contributed by atoms with van der Waals surface area (Å²) >= 11 is 0. The molecule has 2 rings (SSSR count). The number of para-hydroxylation sites is 2. The predicted octanol–water partition coefficient (Wildman–Crippen LogP) is 0.805. The number of imidazole rings is 1. The largest absolute Gasteiger partial charge is 0.548 e. The Morgan fingerprint density at radius 1 is 1.35 bits per heavy atom. The fraction of sp³-hybridized carbons (Fsp3) is 0.200. The van der Waals surface area contributed by atoms with Gasteiger partial charge in [0.15, 0.2) is 0 Å². The highest BCUT2D eigenvalue weighted by Gasteiger charge is 2.37. The van der Waals surface area contributed by atoms with Gasteiger partial charge in [0.2, 0.25) is 5.82 Å². The number of aromatic nitrogens is 2. The average Bonchev–Trinajstić information content (AvgIpc) is 2.56. The van der Waals surface area contributed by atoms with E-state index in [1.54, 1.807) is 0 Å². The molecule has 0 saturated carbocycles. The smallest absolute Gasteiger partial charge is 0.449 e. The van der Waals surface area contributed by atoms with Crippen LogP contribution in [0.15, 0.2) is 24.3 Å². The van der Waals surface area contributed by atoms with Crippen molar-refractivity contribution >= 4 is 17.0 Å². The summed E-state index contributed by atoms with van der Waals surface area (Å²) in [5.41, 5.74) is 0.213. The van der Waals surface area contributed by atoms with Crippen molar-refractivity contribution in [3.05, 3.63) is 30.1 Å². The number of carbonyl (C=O) groups is 1. The van der Waals surface area contributed by atoms with Gasteiger partial charge in [0.05, 0.1) is 23.5 Å². The van der Waals surface area contributed by atoms with E-state index in [4.69, 9.17) is 0 Å². The number of carboxylic acid groups (broad SMARTS) is 1. The van der Waals surface area contributed by atoms with Crippen molar-refractivity contribution in [1.29, 1.82) is 0 Å². The Morgan fingerprint density at radius 2 is 2.00 bits per heavy atom. The normalized spacial score (nSPS) is 11.9. The molecule has 0 saturated heterocycles. The summed E-state index contributed by atoms with van der Waals surface area (Å²) in [5.74, 6) is -2.83. The van der Waals surface area contributed by atoms with Gasteiger partial charge in [-0.1, -0.05) is 12.1 Å². The average molecular weight is 243 g/mol. The fourth-order valence-electron chi connectivity index (χ4n) is 1.58. The fourth-order valence-corrected chi connectivity index (χ4v) is 1.58. The molecule has 0 aliphatic carbocycles. The van der Waals surface area contributed by atoms with Crippen LogP contribution in [0.2, 0.25) is 0 Å². The van der Waals surface area contributed by atoms with Crippen molar-refractivity contribution in [2.24, 2.45) is 0 Å². The van der Waals surface area contributed by atoms with Gasteiger partial charge >= 0.3 is 6.18 Å². The third-order valence-electron chi connectivity index (χ3n) is 2.20. The zero-order valence-corrected chi connectivity index (χ0v) is 8.36. The van der Waals surface area contributed by atoms with Crippen LogP contribution in [-0.2, 0) is 17.5 Å². The number of fused-ring (bicyclic) bond motifs is 1. The summed E-state index contributed by atoms with van der Waals surface area (Å²) in [5, 5.41) is 10.5. The molecule has 2 aromatic rings. The Kier molecular flexibility index (Phi) is 2.53. The van der Waals surface area contributed by atoms with E-state index >= 15 is 0 Å². The molecule has 0 fully saturated rings. The number of nitrogens with zero attached hydrogens (tertiary/aromatic N) is 2. The predicted molar refractivity (Wildman–Crippen MR) is 49.7 cm³/mol. The molecule has 0 N–H and O–H groups in total. The molecule has 0 amide bonds. The van der Waals surface area contributed by atoms with Crippen molar-refractivity contribution in [2.75, 3.05) is 0 Å². The molecule has 0 unspecified atom stereocenters. The quantitative estimate of drug-likeness (QED) is 0.784. The first-order chi connectivity index (χ1) is 7.89. The highest BCUT2D eigenvalue weighted by Crippen LogP contribution is 2.31. The van der Waals surface area contributed by atoms with Crippen LogP contribution < -0.4 is 5.11 Å². The van der Waals surface area contributed by atoms with E-state index in [0.29, 0.717) is 4.57 Å². The molecule has 90 valence electrons. The molecule has 0 aliphatic rings. The number of hydrogen-bond donors (Lipinski definition) is 0. The third-order valence-corrected chi connectivity index (χ3v) is 2.20. The van der Waals surface area contributed by atoms with E-state index in [2.05, 4.69) is 4.98 Å². The maximum atomic E-state index is 12.6. The molecule has 0 atom stereocenters. The first kappa shape index (κ1) is 11.4. The van der Waals surface area contributed by atoms with Gasteiger partial charge in [0, 0.05) is 0 Å². The standard InChI is InChI=1S/C10H7F3N2O2/c11-10(12,13)9-14-6-3-1-2-4-7(6)15(9)5-8(16)17/h1-4H,5H2,(H,16,17)/p-1. The molecule has 1 heterocycles. The minimum Gasteiger partial charge on any atom is -0.548 e. The monoisotopic (exact) mass is 243 g/mol. The van der Waals surface area contributed by atoms with Crippen molar-refractivity contribution in [2.45, 2.75) is 12.7 Å². The lowest BCUT2D eigenvalue weighted by molar-refractivity contribution is -0.306. The Hall–Kier alpha value is -2.05. The zero-order valence-electron chi connectivity index (χ0n) is 8.36. The molecule has 17 heavy (non-hydrogen) atoms. The number of benzene rings is 1. The van der Waals surface area contributed by atoms with Crippen LogP contribution in [0.3, 0.4) is 0 Å². The van der Waals surface area contributed by atoms with Gasteiger partial charge in [-0.3, -0.25) is 0 Å². The van der Waals surface area contributed by atoms with Crippen molar-refractivity contribution in [1.82, 2.24) is 9.55 Å². The summed E-state index contributed by atoms with van der Waals surface area (Å²) in [4.78, 5) is 13.8. The highest BCUT2D eigenvalue weighted by atomic mass is 19.4. The summed E-state index contributed by atoms with van der Waals surface area (Å²) in [6.45, 7) is -0.880. The Morgan fingerprint density at radius 3 is 2.59 bits per heavy atom. The molecule has 0 aliphatic heterocycles. The first-order valence-electron chi connectivity index (χ1n) is 4.62. The van der Waals surface area contributed by atoms with Crippen LogP contribution in [0.4, 0.5) is 13.2 Å². The van der Waals surface area contributed by atoms with Gasteiger partial charge in [-0.05, 0) is 12.1 Å². The van der Waals surface area contributed by atoms with E-state index in [9.17, 15) is 23.1 Å². The topological polar surface area (TPSA) is 57.9 Å². The van der Waals surface area contributed by atoms with E-state index in [-0.39, 0.29) is 11.0 Å². The minimum atomic E-state index is -4.70. The number of alkyl halides is 3. The molecule has 0 bridgehead atoms. The van der Waals surface area contributed by atoms with E-state index in [1.807, 2.05) is 0 Å². The van der Waals surface area contributed by atoms with Gasteiger partial charge in [-0.15, -0.1) is 0 Å². The van der Waals surface area contributed by atoms with Gasteiger partial charge < -0.3 is 14.5 Å². The molecule has 0 spiro atoms. The number of carbonyl (C=O) groups excluding carboxylic acids is 1. The van der Waals surface area contributed by atoms with Crippen molar-refractivity contribution in [3.8, 4) is 0 Å². The summed E-state index contributed by atoms with van der Waals surface area (Å²) in [6.07, 6.45) is -4.70. The van der Waals surface area contributed by atoms with E-state index < -0.39 is 24.5 Å². The number of carboxylic acids is 1. The highest BCUT2D eigenvalue weighted by molar-refractivity contribution is 5.78. The second kappa shape index (κ2) is 3.76. The maximum Gasteiger partial charge on any atom is 0.449 e. The van der Waals surface area contributed by atoms with Crippen LogP contribution >= 0.6 is 0 Å². The van der Waals surface area contributed by atoms with E-state index in [0.717, 1.165) is 0 Å². The van der Waals surface area contributed by atoms with Crippen LogP contribution in [0.1, 0.15) is 5.82 Å². The number of rotatable bonds is 2. The maximum absolute atomic E-state index is 12.6. The summed E-state index contributed by atoms with van der Waals surface area (Å²) in [7, 11) is 0. The van der Waals surface area contributed by atoms with Crippen molar-refractivity contribution in [3.63, 3.8) is 0 Å². The SMILES string of the molecule is O=C([O-])Cn1c(C(F)(F)F)nc2ccccc21. The lowest BCUT2D eigenvalue weighted by Crippen LogP contribution is -2.29. The first-order valence-corrected chi connectivity index (χ1v) is 4.62. The minimum absolute atomic E-state index is 0.0982. The van der Waals surface area contributed by atoms with Gasteiger partial charge in [0.25, 0.3) is 0 Å². The van der Waals surface area contributed by atoms with Crippen LogP contribution in [0.25, 0.3) is 11.0 Å². The molecular weight excluding hydrogens is 237 g/mol. The Bertz CT molecular complexity index is 574. The summed E-state index contributed by atoms with van der Waals surface area (Å²) in [6, 6.07) is 5.80. The molecule has 4 nitrogen and oxygen atoms in total. The third kappa shape index (κ3) is 2.08. The zero-order chi connectivity index (χ0) is 12.6. The lowest BCUT2D eigenvalue weighted by Gasteiger charge is -2.11. The van der Waals surface area contributed by atoms with Crippen molar-refractivity contribution < 1.29 is 23.1 Å². The molecule has 7 heteroatoms. The van der Waals surface area contributed by atoms with Gasteiger partial charge in [0.1, 0.15) is 0 Å². The number of hydrogen-bond acceptors (Lipinski definition) is 3. The second-order valence-corrected chi connectivity index (χ2v) is 3.38. The lowest BCUT2D eigenvalue weighted by atomic mass is 10.3. The second-order valence-electron chi connectivity index (χ2n) is 3.38. The van der Waals surface area contributed by atoms with E-state index in [1.165, 1.54) is 24.3 Å². The van der Waals surface area contributed by atoms with Crippen LogP contribution in [0.5, 0.6) is 0 Å². The molecule has 0 radical (unpaired) electrons. The number of halogens is 3. The van der Waals surface area contributed by atoms with Crippen LogP contribution in [-0.4, -0.2) is 15.5 Å². The number of aliphatic carboxylic acids is 1.